The van der Waals surface area contributed by atoms with E-state index in [0.717, 1.165) is 18.6 Å². The molecule has 22 heavy (non-hydrogen) atoms. The van der Waals surface area contributed by atoms with Gasteiger partial charge in [0.1, 0.15) is 5.76 Å². The van der Waals surface area contributed by atoms with Crippen LogP contribution in [0.1, 0.15) is 97.8 Å². The Labute approximate surface area is 137 Å². The molecule has 1 rings (SSSR count). The lowest BCUT2D eigenvalue weighted by Gasteiger charge is -2.13. The van der Waals surface area contributed by atoms with Gasteiger partial charge in [0.25, 0.3) is 0 Å². The van der Waals surface area contributed by atoms with Crippen molar-refractivity contribution in [3.05, 3.63) is 11.8 Å². The van der Waals surface area contributed by atoms with E-state index in [4.69, 9.17) is 4.74 Å². The highest BCUT2D eigenvalue weighted by atomic mass is 16.5. The smallest absolute Gasteiger partial charge is 0.313 e. The molecule has 0 spiro atoms. The Hall–Kier alpha value is -0.790. The first-order chi connectivity index (χ1) is 10.6. The Kier molecular flexibility index (Phi) is 10.3. The van der Waals surface area contributed by atoms with Crippen LogP contribution in [0.4, 0.5) is 0 Å². The Morgan fingerprint density at radius 1 is 0.955 bits per heavy atom. The van der Waals surface area contributed by atoms with Crippen molar-refractivity contribution in [3.8, 4) is 0 Å². The van der Waals surface area contributed by atoms with Gasteiger partial charge in [0.2, 0.25) is 0 Å². The molecular weight excluding hydrogens is 272 g/mol. The molecule has 128 valence electrons. The summed E-state index contributed by atoms with van der Waals surface area (Å²) in [4.78, 5) is 11.9. The minimum absolute atomic E-state index is 0.0483. The number of esters is 1. The molecule has 0 fully saturated rings. The minimum Gasteiger partial charge on any atom is -0.431 e. The van der Waals surface area contributed by atoms with Crippen molar-refractivity contribution in [3.63, 3.8) is 0 Å². The van der Waals surface area contributed by atoms with E-state index in [0.29, 0.717) is 5.92 Å². The fourth-order valence-corrected chi connectivity index (χ4v) is 3.00. The molecule has 1 unspecified atom stereocenters. The van der Waals surface area contributed by atoms with Crippen LogP contribution in [-0.4, -0.2) is 5.97 Å². The maximum absolute atomic E-state index is 11.9. The van der Waals surface area contributed by atoms with Crippen molar-refractivity contribution >= 4 is 5.97 Å². The van der Waals surface area contributed by atoms with Gasteiger partial charge in [0, 0.05) is 6.42 Å². The molecule has 0 aliphatic heterocycles. The van der Waals surface area contributed by atoms with Gasteiger partial charge in [-0.25, -0.2) is 0 Å². The number of carbonyl (C=O) groups excluding carboxylic acids is 1. The third-order valence-electron chi connectivity index (χ3n) is 4.51. The number of ether oxygens (including phenoxy) is 1. The fraction of sp³-hybridized carbons (Fsp3) is 0.850. The number of carbonyl (C=O) groups is 1. The predicted molar refractivity (Wildman–Crippen MR) is 93.6 cm³/mol. The predicted octanol–water partition coefficient (Wildman–Crippen LogP) is 6.40. The summed E-state index contributed by atoms with van der Waals surface area (Å²) in [5, 5.41) is 0. The summed E-state index contributed by atoms with van der Waals surface area (Å²) in [5.74, 6) is 1.30. The third-order valence-corrected chi connectivity index (χ3v) is 4.51. The maximum Gasteiger partial charge on any atom is 0.313 e. The fourth-order valence-electron chi connectivity index (χ4n) is 3.00. The lowest BCUT2D eigenvalue weighted by molar-refractivity contribution is -0.143. The molecule has 1 aliphatic carbocycles. The Balaban J connectivity index is 2.56. The Morgan fingerprint density at radius 2 is 1.45 bits per heavy atom. The zero-order valence-corrected chi connectivity index (χ0v) is 15.0. The topological polar surface area (TPSA) is 26.3 Å². The van der Waals surface area contributed by atoms with Crippen LogP contribution in [0.25, 0.3) is 0 Å². The molecule has 0 radical (unpaired) electrons. The maximum atomic E-state index is 11.9. The highest BCUT2D eigenvalue weighted by molar-refractivity contribution is 5.72. The lowest BCUT2D eigenvalue weighted by Crippen LogP contribution is -2.12. The van der Waals surface area contributed by atoms with Crippen molar-refractivity contribution in [1.82, 2.24) is 0 Å². The van der Waals surface area contributed by atoms with Crippen molar-refractivity contribution in [1.29, 1.82) is 0 Å². The van der Waals surface area contributed by atoms with Gasteiger partial charge in [0.15, 0.2) is 0 Å². The molecule has 0 amide bonds. The summed E-state index contributed by atoms with van der Waals surface area (Å²) in [6.07, 6.45) is 17.6. The second-order valence-corrected chi connectivity index (χ2v) is 7.26. The van der Waals surface area contributed by atoms with Crippen molar-refractivity contribution < 1.29 is 9.53 Å². The molecule has 0 aromatic rings. The van der Waals surface area contributed by atoms with Crippen LogP contribution in [0.15, 0.2) is 11.8 Å². The van der Waals surface area contributed by atoms with Crippen LogP contribution in [0, 0.1) is 11.8 Å². The molecule has 1 atom stereocenters. The average Bonchev–Trinajstić information content (AvgIpc) is 2.47. The van der Waals surface area contributed by atoms with E-state index in [1.807, 2.05) is 13.8 Å². The molecule has 0 aromatic carbocycles. The summed E-state index contributed by atoms with van der Waals surface area (Å²) in [5.41, 5.74) is 0. The number of hydrogen-bond donors (Lipinski definition) is 0. The first kappa shape index (κ1) is 19.3. The Morgan fingerprint density at radius 3 is 2.00 bits per heavy atom. The quantitative estimate of drug-likeness (QED) is 0.552. The van der Waals surface area contributed by atoms with E-state index in [-0.39, 0.29) is 11.9 Å². The molecule has 0 aromatic heterocycles. The monoisotopic (exact) mass is 308 g/mol. The van der Waals surface area contributed by atoms with Crippen molar-refractivity contribution in [2.45, 2.75) is 97.8 Å². The molecular formula is C20H36O2. The summed E-state index contributed by atoms with van der Waals surface area (Å²) < 4.78 is 5.63. The average molecular weight is 309 g/mol. The zero-order chi connectivity index (χ0) is 16.2. The van der Waals surface area contributed by atoms with Crippen LogP contribution >= 0.6 is 0 Å². The van der Waals surface area contributed by atoms with Crippen LogP contribution < -0.4 is 0 Å². The molecule has 2 heteroatoms. The van der Waals surface area contributed by atoms with Gasteiger partial charge in [-0.3, -0.25) is 4.79 Å². The second-order valence-electron chi connectivity index (χ2n) is 7.26. The van der Waals surface area contributed by atoms with Crippen LogP contribution in [-0.2, 0) is 9.53 Å². The van der Waals surface area contributed by atoms with E-state index >= 15 is 0 Å². The summed E-state index contributed by atoms with van der Waals surface area (Å²) >= 11 is 0. The molecule has 0 heterocycles. The molecule has 2 nitrogen and oxygen atoms in total. The van der Waals surface area contributed by atoms with Gasteiger partial charge in [-0.2, -0.15) is 0 Å². The van der Waals surface area contributed by atoms with E-state index in [1.54, 1.807) is 0 Å². The lowest BCUT2D eigenvalue weighted by atomic mass is 10.0. The zero-order valence-electron chi connectivity index (χ0n) is 15.0. The van der Waals surface area contributed by atoms with Gasteiger partial charge in [-0.1, -0.05) is 78.6 Å². The first-order valence-corrected chi connectivity index (χ1v) is 9.52. The van der Waals surface area contributed by atoms with E-state index in [1.165, 1.54) is 64.2 Å². The van der Waals surface area contributed by atoms with Gasteiger partial charge in [0.05, 0.1) is 5.92 Å². The molecule has 1 aliphatic rings. The van der Waals surface area contributed by atoms with Gasteiger partial charge >= 0.3 is 5.97 Å². The highest BCUT2D eigenvalue weighted by Gasteiger charge is 2.13. The van der Waals surface area contributed by atoms with Gasteiger partial charge < -0.3 is 4.74 Å². The molecule has 0 saturated carbocycles. The summed E-state index contributed by atoms with van der Waals surface area (Å²) in [6, 6.07) is 0. The van der Waals surface area contributed by atoms with Crippen LogP contribution in [0.2, 0.25) is 0 Å². The Bertz CT molecular complexity index is 331. The molecule has 0 saturated heterocycles. The van der Waals surface area contributed by atoms with E-state index < -0.39 is 0 Å². The van der Waals surface area contributed by atoms with Crippen LogP contribution in [0.3, 0.4) is 0 Å². The molecule has 0 bridgehead atoms. The van der Waals surface area contributed by atoms with E-state index in [2.05, 4.69) is 13.0 Å². The van der Waals surface area contributed by atoms with Crippen LogP contribution in [0.5, 0.6) is 0 Å². The SMILES string of the molecule is CC1/C=C(\OC(=O)C(C)C)CCCCCCCCCCCC1. The highest BCUT2D eigenvalue weighted by Crippen LogP contribution is 2.21. The minimum atomic E-state index is -0.0867. The standard InChI is InChI=1S/C20H36O2/c1-17(2)20(21)22-19-15-13-11-9-7-5-4-6-8-10-12-14-18(3)16-19/h16-18H,4-15H2,1-3H3/b19-16-. The van der Waals surface area contributed by atoms with Gasteiger partial charge in [-0.15, -0.1) is 0 Å². The number of allylic oxidation sites excluding steroid dienone is 2. The normalized spacial score (nSPS) is 25.6. The number of hydrogen-bond acceptors (Lipinski definition) is 2. The van der Waals surface area contributed by atoms with Gasteiger partial charge in [-0.05, 0) is 24.8 Å². The van der Waals surface area contributed by atoms with E-state index in [9.17, 15) is 4.79 Å². The number of rotatable bonds is 2. The summed E-state index contributed by atoms with van der Waals surface area (Å²) in [7, 11) is 0. The van der Waals surface area contributed by atoms with Crippen molar-refractivity contribution in [2.75, 3.05) is 0 Å². The first-order valence-electron chi connectivity index (χ1n) is 9.52. The second kappa shape index (κ2) is 11.7. The summed E-state index contributed by atoms with van der Waals surface area (Å²) in [6.45, 7) is 6.05. The molecule has 0 N–H and O–H groups in total. The van der Waals surface area contributed by atoms with Crippen molar-refractivity contribution in [2.24, 2.45) is 11.8 Å². The largest absolute Gasteiger partial charge is 0.431 e. The third kappa shape index (κ3) is 9.27.